The van der Waals surface area contributed by atoms with Crippen LogP contribution in [0.1, 0.15) is 11.1 Å². The van der Waals surface area contributed by atoms with Crippen molar-refractivity contribution in [2.75, 3.05) is 6.26 Å². The van der Waals surface area contributed by atoms with E-state index in [4.69, 9.17) is 0 Å². The molecule has 0 aliphatic heterocycles. The molecule has 0 bridgehead atoms. The Morgan fingerprint density at radius 1 is 1.00 bits per heavy atom. The first-order valence-electron chi connectivity index (χ1n) is 6.64. The lowest BCUT2D eigenvalue weighted by atomic mass is 10.1. The van der Waals surface area contributed by atoms with Crippen molar-refractivity contribution in [2.24, 2.45) is 0 Å². The summed E-state index contributed by atoms with van der Waals surface area (Å²) >= 11 is 0. The first kappa shape index (κ1) is 17.6. The molecular weight excluding hydrogens is 341 g/mol. The highest BCUT2D eigenvalue weighted by molar-refractivity contribution is 7.91. The maximum atomic E-state index is 13.5. The Kier molecular flexibility index (Phi) is 4.88. The SMILES string of the molecule is Cc1ccc(CNS(=O)(=O)c2cccc(S(C)(=O)=O)c2)cc1F. The molecule has 2 aromatic rings. The Bertz CT molecular complexity index is 938. The van der Waals surface area contributed by atoms with Crippen molar-refractivity contribution < 1.29 is 21.2 Å². The third-order valence-corrected chi connectivity index (χ3v) is 5.76. The zero-order chi connectivity index (χ0) is 17.3. The Hall–Kier alpha value is -1.77. The average molecular weight is 357 g/mol. The van der Waals surface area contributed by atoms with Gasteiger partial charge in [0.15, 0.2) is 9.84 Å². The number of aryl methyl sites for hydroxylation is 1. The van der Waals surface area contributed by atoms with E-state index >= 15 is 0 Å². The van der Waals surface area contributed by atoms with Gasteiger partial charge >= 0.3 is 0 Å². The van der Waals surface area contributed by atoms with Gasteiger partial charge in [0, 0.05) is 12.8 Å². The van der Waals surface area contributed by atoms with Gasteiger partial charge < -0.3 is 0 Å². The summed E-state index contributed by atoms with van der Waals surface area (Å²) in [7, 11) is -7.41. The molecule has 5 nitrogen and oxygen atoms in total. The van der Waals surface area contributed by atoms with Crippen molar-refractivity contribution in [2.45, 2.75) is 23.3 Å². The molecule has 23 heavy (non-hydrogen) atoms. The fourth-order valence-corrected chi connectivity index (χ4v) is 3.68. The molecule has 2 aromatic carbocycles. The fourth-order valence-electron chi connectivity index (χ4n) is 1.88. The Morgan fingerprint density at radius 3 is 2.26 bits per heavy atom. The van der Waals surface area contributed by atoms with Gasteiger partial charge in [0.1, 0.15) is 5.82 Å². The number of sulfonamides is 1. The van der Waals surface area contributed by atoms with Crippen molar-refractivity contribution in [1.29, 1.82) is 0 Å². The minimum atomic E-state index is -3.90. The third kappa shape index (κ3) is 4.37. The number of benzene rings is 2. The minimum Gasteiger partial charge on any atom is -0.224 e. The standard InChI is InChI=1S/C15H16FNO4S2/c1-11-6-7-12(8-15(11)16)10-17-23(20,21)14-5-3-4-13(9-14)22(2,18)19/h3-9,17H,10H2,1-2H3. The Morgan fingerprint density at radius 2 is 1.65 bits per heavy atom. The van der Waals surface area contributed by atoms with Gasteiger partial charge in [0.05, 0.1) is 9.79 Å². The molecule has 2 rings (SSSR count). The van der Waals surface area contributed by atoms with Crippen LogP contribution in [0.15, 0.2) is 52.3 Å². The largest absolute Gasteiger partial charge is 0.240 e. The first-order chi connectivity index (χ1) is 10.6. The van der Waals surface area contributed by atoms with Crippen LogP contribution in [0.2, 0.25) is 0 Å². The van der Waals surface area contributed by atoms with Crippen LogP contribution < -0.4 is 4.72 Å². The molecule has 0 amide bonds. The molecule has 0 spiro atoms. The molecule has 8 heteroatoms. The Labute approximate surface area is 135 Å². The van der Waals surface area contributed by atoms with Gasteiger partial charge in [-0.05, 0) is 42.3 Å². The van der Waals surface area contributed by atoms with Gasteiger partial charge in [0.2, 0.25) is 10.0 Å². The van der Waals surface area contributed by atoms with E-state index in [1.54, 1.807) is 19.1 Å². The van der Waals surface area contributed by atoms with Crippen LogP contribution in [0.5, 0.6) is 0 Å². The van der Waals surface area contributed by atoms with E-state index in [2.05, 4.69) is 4.72 Å². The predicted molar refractivity (Wildman–Crippen MR) is 84.7 cm³/mol. The predicted octanol–water partition coefficient (Wildman–Crippen LogP) is 2.02. The van der Waals surface area contributed by atoms with Gasteiger partial charge in [-0.3, -0.25) is 0 Å². The number of hydrogen-bond donors (Lipinski definition) is 1. The van der Waals surface area contributed by atoms with Crippen LogP contribution in [0.3, 0.4) is 0 Å². The van der Waals surface area contributed by atoms with E-state index in [-0.39, 0.29) is 16.3 Å². The van der Waals surface area contributed by atoms with E-state index in [1.165, 1.54) is 24.3 Å². The highest BCUT2D eigenvalue weighted by atomic mass is 32.2. The van der Waals surface area contributed by atoms with Crippen molar-refractivity contribution in [3.63, 3.8) is 0 Å². The van der Waals surface area contributed by atoms with Crippen molar-refractivity contribution in [3.05, 3.63) is 59.4 Å². The second-order valence-corrected chi connectivity index (χ2v) is 8.94. The van der Waals surface area contributed by atoms with Crippen molar-refractivity contribution >= 4 is 19.9 Å². The summed E-state index contributed by atoms with van der Waals surface area (Å²) in [6, 6.07) is 9.50. The zero-order valence-corrected chi connectivity index (χ0v) is 14.2. The van der Waals surface area contributed by atoms with Crippen molar-refractivity contribution in [3.8, 4) is 0 Å². The Balaban J connectivity index is 2.24. The molecule has 0 radical (unpaired) electrons. The van der Waals surface area contributed by atoms with Gasteiger partial charge in [-0.1, -0.05) is 18.2 Å². The molecule has 0 unspecified atom stereocenters. The summed E-state index contributed by atoms with van der Waals surface area (Å²) in [5.41, 5.74) is 0.938. The first-order valence-corrected chi connectivity index (χ1v) is 10.0. The summed E-state index contributed by atoms with van der Waals surface area (Å²) in [4.78, 5) is -0.241. The lowest BCUT2D eigenvalue weighted by molar-refractivity contribution is 0.579. The molecule has 0 saturated heterocycles. The molecule has 0 aromatic heterocycles. The number of rotatable bonds is 5. The van der Waals surface area contributed by atoms with Crippen LogP contribution >= 0.6 is 0 Å². The van der Waals surface area contributed by atoms with Crippen LogP contribution in [0.25, 0.3) is 0 Å². The minimum absolute atomic E-state index is 0.0817. The summed E-state index contributed by atoms with van der Waals surface area (Å²) in [6.45, 7) is 1.52. The summed E-state index contributed by atoms with van der Waals surface area (Å²) in [5, 5.41) is 0. The van der Waals surface area contributed by atoms with Crippen LogP contribution in [-0.2, 0) is 26.4 Å². The second kappa shape index (κ2) is 6.38. The second-order valence-electron chi connectivity index (χ2n) is 5.16. The van der Waals surface area contributed by atoms with Crippen LogP contribution in [-0.4, -0.2) is 23.1 Å². The zero-order valence-electron chi connectivity index (χ0n) is 12.6. The normalized spacial score (nSPS) is 12.3. The highest BCUT2D eigenvalue weighted by Gasteiger charge is 2.17. The van der Waals surface area contributed by atoms with E-state index in [0.717, 1.165) is 12.3 Å². The van der Waals surface area contributed by atoms with Gasteiger partial charge in [-0.15, -0.1) is 0 Å². The number of nitrogens with one attached hydrogen (secondary N) is 1. The van der Waals surface area contributed by atoms with Gasteiger partial charge in [-0.2, -0.15) is 0 Å². The molecule has 0 fully saturated rings. The summed E-state index contributed by atoms with van der Waals surface area (Å²) in [5.74, 6) is -0.416. The quantitative estimate of drug-likeness (QED) is 0.888. The topological polar surface area (TPSA) is 80.3 Å². The maximum Gasteiger partial charge on any atom is 0.240 e. The van der Waals surface area contributed by atoms with E-state index in [0.29, 0.717) is 11.1 Å². The number of sulfone groups is 1. The molecule has 0 heterocycles. The van der Waals surface area contributed by atoms with E-state index in [1.807, 2.05) is 0 Å². The number of halogens is 1. The third-order valence-electron chi connectivity index (χ3n) is 3.25. The lowest BCUT2D eigenvalue weighted by Crippen LogP contribution is -2.23. The molecule has 0 aliphatic rings. The van der Waals surface area contributed by atoms with Gasteiger partial charge in [0.25, 0.3) is 0 Å². The highest BCUT2D eigenvalue weighted by Crippen LogP contribution is 2.16. The molecule has 124 valence electrons. The summed E-state index contributed by atoms with van der Waals surface area (Å²) in [6.07, 6.45) is 1.00. The monoisotopic (exact) mass is 357 g/mol. The van der Waals surface area contributed by atoms with E-state index in [9.17, 15) is 21.2 Å². The van der Waals surface area contributed by atoms with E-state index < -0.39 is 25.7 Å². The van der Waals surface area contributed by atoms with Crippen molar-refractivity contribution in [1.82, 2.24) is 4.72 Å². The lowest BCUT2D eigenvalue weighted by Gasteiger charge is -2.09. The van der Waals surface area contributed by atoms with Gasteiger partial charge in [-0.25, -0.2) is 25.9 Å². The summed E-state index contributed by atoms with van der Waals surface area (Å²) < 4.78 is 63.3. The van der Waals surface area contributed by atoms with Crippen LogP contribution in [0.4, 0.5) is 4.39 Å². The maximum absolute atomic E-state index is 13.5. The molecule has 0 aliphatic carbocycles. The molecule has 0 saturated carbocycles. The molecule has 0 atom stereocenters. The fraction of sp³-hybridized carbons (Fsp3) is 0.200. The molecular formula is C15H16FNO4S2. The smallest absolute Gasteiger partial charge is 0.224 e. The average Bonchev–Trinajstić information content (AvgIpc) is 2.48. The molecule has 1 N–H and O–H groups in total. The van der Waals surface area contributed by atoms with Crippen LogP contribution in [0, 0.1) is 12.7 Å². The number of hydrogen-bond acceptors (Lipinski definition) is 4.